The van der Waals surface area contributed by atoms with Crippen molar-refractivity contribution < 1.29 is 38.1 Å². The third-order valence-electron chi connectivity index (χ3n) is 4.89. The zero-order valence-corrected chi connectivity index (χ0v) is 19.7. The average molecular weight is 491 g/mol. The van der Waals surface area contributed by atoms with Crippen LogP contribution in [-0.2, 0) is 64.6 Å². The van der Waals surface area contributed by atoms with Crippen molar-refractivity contribution in [1.82, 2.24) is 0 Å². The molecular formula is C28H26O8. The number of esters is 4. The van der Waals surface area contributed by atoms with E-state index in [1.54, 1.807) is 24.3 Å². The molecule has 0 N–H and O–H groups in total. The van der Waals surface area contributed by atoms with Gasteiger partial charge in [0.05, 0.1) is 0 Å². The van der Waals surface area contributed by atoms with Gasteiger partial charge >= 0.3 is 23.9 Å². The lowest BCUT2D eigenvalue weighted by molar-refractivity contribution is -0.140. The highest BCUT2D eigenvalue weighted by molar-refractivity contribution is 5.82. The van der Waals surface area contributed by atoms with Gasteiger partial charge in [-0.25, -0.2) is 19.2 Å². The van der Waals surface area contributed by atoms with Gasteiger partial charge in [-0.05, 0) is 45.5 Å². The van der Waals surface area contributed by atoms with Crippen molar-refractivity contribution in [2.24, 2.45) is 0 Å². The Balaban J connectivity index is 2.42. The van der Waals surface area contributed by atoms with E-state index in [1.807, 2.05) is 12.1 Å². The predicted octanol–water partition coefficient (Wildman–Crippen LogP) is 4.27. The van der Waals surface area contributed by atoms with E-state index in [2.05, 4.69) is 26.3 Å². The topological polar surface area (TPSA) is 105 Å². The van der Waals surface area contributed by atoms with Crippen LogP contribution in [0.5, 0.6) is 0 Å². The number of carbonyl (C=O) groups excluding carboxylic acids is 4. The van der Waals surface area contributed by atoms with Crippen molar-refractivity contribution >= 4 is 23.9 Å². The maximum absolute atomic E-state index is 11.6. The summed E-state index contributed by atoms with van der Waals surface area (Å²) < 4.78 is 20.6. The summed E-state index contributed by atoms with van der Waals surface area (Å²) in [4.78, 5) is 46.2. The van der Waals surface area contributed by atoms with Gasteiger partial charge in [0.15, 0.2) is 0 Å². The molecule has 8 nitrogen and oxygen atoms in total. The largest absolute Gasteiger partial charge is 0.458 e. The molecule has 0 unspecified atom stereocenters. The van der Waals surface area contributed by atoms with Crippen LogP contribution >= 0.6 is 0 Å². The fourth-order valence-corrected chi connectivity index (χ4v) is 2.99. The fraction of sp³-hybridized carbons (Fsp3) is 0.143. The summed E-state index contributed by atoms with van der Waals surface area (Å²) in [7, 11) is 0. The normalized spacial score (nSPS) is 9.89. The Morgan fingerprint density at radius 1 is 0.500 bits per heavy atom. The third kappa shape index (κ3) is 8.25. The highest BCUT2D eigenvalue weighted by Crippen LogP contribution is 2.27. The first kappa shape index (κ1) is 27.5. The van der Waals surface area contributed by atoms with E-state index in [4.69, 9.17) is 18.9 Å². The van der Waals surface area contributed by atoms with Crippen LogP contribution in [0.3, 0.4) is 0 Å². The lowest BCUT2D eigenvalue weighted by Crippen LogP contribution is -2.07. The van der Waals surface area contributed by atoms with Crippen molar-refractivity contribution in [2.75, 3.05) is 0 Å². The van der Waals surface area contributed by atoms with E-state index >= 15 is 0 Å². The minimum Gasteiger partial charge on any atom is -0.458 e. The number of hydrogen-bond donors (Lipinski definition) is 0. The molecule has 0 amide bonds. The van der Waals surface area contributed by atoms with Gasteiger partial charge in [-0.15, -0.1) is 0 Å². The van der Waals surface area contributed by atoms with Gasteiger partial charge in [-0.2, -0.15) is 0 Å². The van der Waals surface area contributed by atoms with E-state index in [-0.39, 0.29) is 26.4 Å². The molecular weight excluding hydrogens is 464 g/mol. The van der Waals surface area contributed by atoms with Crippen LogP contribution in [0.25, 0.3) is 11.1 Å². The molecule has 36 heavy (non-hydrogen) atoms. The maximum atomic E-state index is 11.6. The Hall–Kier alpha value is -4.72. The second-order valence-corrected chi connectivity index (χ2v) is 7.21. The SMILES string of the molecule is C=CC(=O)OCc1ccc(-c2ccc(COC(=O)C=C)c(COC(=O)C=C)c2)cc1COC(=O)C=C. The zero-order chi connectivity index (χ0) is 26.5. The van der Waals surface area contributed by atoms with Crippen LogP contribution in [0, 0.1) is 0 Å². The summed E-state index contributed by atoms with van der Waals surface area (Å²) in [6, 6.07) is 10.7. The molecule has 0 aliphatic heterocycles. The molecule has 0 spiro atoms. The molecule has 0 saturated heterocycles. The monoisotopic (exact) mass is 490 g/mol. The van der Waals surface area contributed by atoms with Gasteiger partial charge in [-0.3, -0.25) is 0 Å². The van der Waals surface area contributed by atoms with Crippen molar-refractivity contribution in [3.05, 3.63) is 109 Å². The number of benzene rings is 2. The molecule has 0 aliphatic carbocycles. The van der Waals surface area contributed by atoms with Crippen LogP contribution in [0.2, 0.25) is 0 Å². The van der Waals surface area contributed by atoms with Crippen molar-refractivity contribution in [3.63, 3.8) is 0 Å². The second kappa shape index (κ2) is 13.9. The molecule has 0 radical (unpaired) electrons. The summed E-state index contributed by atoms with van der Waals surface area (Å²) in [5.74, 6) is -2.36. The standard InChI is InChI=1S/C28H26O8/c1-5-25(29)33-15-21-11-9-19(13-23(21)17-35-27(31)7-3)20-10-12-22(16-34-26(30)6-2)24(14-20)18-36-28(32)8-4/h5-14H,1-4,15-18H2. The van der Waals surface area contributed by atoms with Gasteiger partial charge in [0, 0.05) is 24.3 Å². The number of ether oxygens (including phenoxy) is 4. The van der Waals surface area contributed by atoms with E-state index in [9.17, 15) is 19.2 Å². The van der Waals surface area contributed by atoms with Crippen molar-refractivity contribution in [1.29, 1.82) is 0 Å². The van der Waals surface area contributed by atoms with Gasteiger partial charge in [-0.1, -0.05) is 50.6 Å². The first-order chi connectivity index (χ1) is 17.3. The Labute approximate surface area is 209 Å². The first-order valence-corrected chi connectivity index (χ1v) is 10.7. The highest BCUT2D eigenvalue weighted by Gasteiger charge is 2.13. The van der Waals surface area contributed by atoms with Gasteiger partial charge in [0.2, 0.25) is 0 Å². The van der Waals surface area contributed by atoms with E-state index in [0.717, 1.165) is 35.4 Å². The second-order valence-electron chi connectivity index (χ2n) is 7.21. The molecule has 0 heterocycles. The molecule has 0 saturated carbocycles. The molecule has 2 aromatic rings. The molecule has 0 atom stereocenters. The summed E-state index contributed by atoms with van der Waals surface area (Å²) >= 11 is 0. The highest BCUT2D eigenvalue weighted by atomic mass is 16.5. The van der Waals surface area contributed by atoms with Crippen LogP contribution < -0.4 is 0 Å². The lowest BCUT2D eigenvalue weighted by atomic mass is 9.96. The molecule has 0 aliphatic rings. The first-order valence-electron chi connectivity index (χ1n) is 10.7. The van der Waals surface area contributed by atoms with Gasteiger partial charge < -0.3 is 18.9 Å². The zero-order valence-electron chi connectivity index (χ0n) is 19.7. The maximum Gasteiger partial charge on any atom is 0.330 e. The minimum absolute atomic E-state index is 0.0392. The van der Waals surface area contributed by atoms with Crippen LogP contribution in [0.1, 0.15) is 22.3 Å². The fourth-order valence-electron chi connectivity index (χ4n) is 2.99. The number of hydrogen-bond acceptors (Lipinski definition) is 8. The van der Waals surface area contributed by atoms with Gasteiger partial charge in [0.1, 0.15) is 26.4 Å². The van der Waals surface area contributed by atoms with Crippen molar-refractivity contribution in [2.45, 2.75) is 26.4 Å². The van der Waals surface area contributed by atoms with E-state index in [0.29, 0.717) is 22.3 Å². The number of rotatable bonds is 13. The van der Waals surface area contributed by atoms with E-state index in [1.165, 1.54) is 0 Å². The summed E-state index contributed by atoms with van der Waals surface area (Å²) in [5.41, 5.74) is 4.01. The smallest absolute Gasteiger partial charge is 0.330 e. The summed E-state index contributed by atoms with van der Waals surface area (Å²) in [5, 5.41) is 0. The summed E-state index contributed by atoms with van der Waals surface area (Å²) in [6.07, 6.45) is 4.22. The Morgan fingerprint density at radius 3 is 1.06 bits per heavy atom. The molecule has 0 fully saturated rings. The molecule has 2 aromatic carbocycles. The Bertz CT molecular complexity index is 1100. The van der Waals surface area contributed by atoms with Crippen LogP contribution in [-0.4, -0.2) is 23.9 Å². The third-order valence-corrected chi connectivity index (χ3v) is 4.89. The summed E-state index contributed by atoms with van der Waals surface area (Å²) in [6.45, 7) is 13.3. The Morgan fingerprint density at radius 2 is 0.778 bits per heavy atom. The molecule has 0 bridgehead atoms. The average Bonchev–Trinajstić information content (AvgIpc) is 2.91. The molecule has 2 rings (SSSR count). The Kier molecular flexibility index (Phi) is 10.6. The molecule has 186 valence electrons. The molecule has 8 heteroatoms. The lowest BCUT2D eigenvalue weighted by Gasteiger charge is -2.15. The van der Waals surface area contributed by atoms with E-state index < -0.39 is 23.9 Å². The predicted molar refractivity (Wildman–Crippen MR) is 132 cm³/mol. The quantitative estimate of drug-likeness (QED) is 0.233. The minimum atomic E-state index is -0.598. The van der Waals surface area contributed by atoms with Crippen molar-refractivity contribution in [3.8, 4) is 11.1 Å². The molecule has 0 aromatic heterocycles. The van der Waals surface area contributed by atoms with Gasteiger partial charge in [0.25, 0.3) is 0 Å². The van der Waals surface area contributed by atoms with Crippen LogP contribution in [0.15, 0.2) is 87.0 Å². The number of carbonyl (C=O) groups is 4. The van der Waals surface area contributed by atoms with Crippen LogP contribution in [0.4, 0.5) is 0 Å².